The zero-order chi connectivity index (χ0) is 17.6. The van der Waals surface area contributed by atoms with Gasteiger partial charge in [0.2, 0.25) is 0 Å². The van der Waals surface area contributed by atoms with Crippen LogP contribution < -0.4 is 5.32 Å². The fourth-order valence-corrected chi connectivity index (χ4v) is 4.06. The smallest absolute Gasteiger partial charge is 0.323 e. The lowest BCUT2D eigenvalue weighted by Gasteiger charge is -2.36. The molecule has 0 radical (unpaired) electrons. The van der Waals surface area contributed by atoms with Crippen molar-refractivity contribution in [1.82, 2.24) is 20.2 Å². The van der Waals surface area contributed by atoms with Crippen molar-refractivity contribution >= 4 is 23.0 Å². The summed E-state index contributed by atoms with van der Waals surface area (Å²) < 4.78 is 0. The first-order valence-electron chi connectivity index (χ1n) is 8.87. The molecule has 1 N–H and O–H groups in total. The molecule has 1 aromatic heterocycles. The van der Waals surface area contributed by atoms with Crippen LogP contribution in [-0.2, 0) is 11.3 Å². The standard InChI is InChI=1S/C19H22N4O2/c1-12-7-5-6-10-19(12)17(24)23(18(25)22-19)11-16-13(2)20-14-8-3-4-9-15(14)21-16/h3-4,8-9,12H,5-7,10-11H2,1-2H3,(H,22,25)/t12-,19+/m0/s1. The molecule has 1 saturated carbocycles. The van der Waals surface area contributed by atoms with E-state index in [1.165, 1.54) is 4.90 Å². The first kappa shape index (κ1) is 16.0. The average Bonchev–Trinajstić information content (AvgIpc) is 2.83. The molecular weight excluding hydrogens is 316 g/mol. The molecule has 2 aliphatic rings. The zero-order valence-corrected chi connectivity index (χ0v) is 14.6. The largest absolute Gasteiger partial charge is 0.325 e. The third-order valence-corrected chi connectivity index (χ3v) is 5.65. The van der Waals surface area contributed by atoms with E-state index in [1.54, 1.807) is 0 Å². The quantitative estimate of drug-likeness (QED) is 0.854. The number of fused-ring (bicyclic) bond motifs is 1. The fourth-order valence-electron chi connectivity index (χ4n) is 4.06. The highest BCUT2D eigenvalue weighted by molar-refractivity contribution is 6.07. The molecule has 4 rings (SSSR count). The lowest BCUT2D eigenvalue weighted by Crippen LogP contribution is -2.53. The number of hydrogen-bond acceptors (Lipinski definition) is 4. The Bertz CT molecular complexity index is 866. The first-order chi connectivity index (χ1) is 12.0. The number of aromatic nitrogens is 2. The van der Waals surface area contributed by atoms with Crippen molar-refractivity contribution < 1.29 is 9.59 Å². The van der Waals surface area contributed by atoms with Crippen LogP contribution in [0, 0.1) is 12.8 Å². The molecule has 1 aromatic carbocycles. The number of aryl methyl sites for hydroxylation is 1. The molecule has 1 aliphatic carbocycles. The summed E-state index contributed by atoms with van der Waals surface area (Å²) in [5.41, 5.74) is 2.28. The average molecular weight is 338 g/mol. The molecule has 2 fully saturated rings. The summed E-state index contributed by atoms with van der Waals surface area (Å²) in [5, 5.41) is 2.99. The minimum absolute atomic E-state index is 0.112. The maximum absolute atomic E-state index is 13.1. The fraction of sp³-hybridized carbons (Fsp3) is 0.474. The Balaban J connectivity index is 1.66. The van der Waals surface area contributed by atoms with Gasteiger partial charge in [-0.25, -0.2) is 14.8 Å². The van der Waals surface area contributed by atoms with Gasteiger partial charge in [0.15, 0.2) is 0 Å². The predicted octanol–water partition coefficient (Wildman–Crippen LogP) is 2.94. The molecule has 6 nitrogen and oxygen atoms in total. The molecule has 0 bridgehead atoms. The Hall–Kier alpha value is -2.50. The van der Waals surface area contributed by atoms with Gasteiger partial charge in [-0.3, -0.25) is 9.69 Å². The van der Waals surface area contributed by atoms with Crippen LogP contribution >= 0.6 is 0 Å². The van der Waals surface area contributed by atoms with Crippen molar-refractivity contribution in [3.05, 3.63) is 35.7 Å². The molecule has 1 spiro atoms. The number of urea groups is 1. The third kappa shape index (κ3) is 2.47. The second-order valence-electron chi connectivity index (χ2n) is 7.18. The van der Waals surface area contributed by atoms with Crippen LogP contribution in [0.15, 0.2) is 24.3 Å². The van der Waals surface area contributed by atoms with Crippen molar-refractivity contribution in [2.24, 2.45) is 5.92 Å². The number of nitrogens with one attached hydrogen (secondary N) is 1. The number of imide groups is 1. The summed E-state index contributed by atoms with van der Waals surface area (Å²) in [4.78, 5) is 36.1. The SMILES string of the molecule is Cc1nc2ccccc2nc1CN1C(=O)N[C@@]2(CCCC[C@@H]2C)C1=O. The van der Waals surface area contributed by atoms with Crippen LogP contribution in [0.5, 0.6) is 0 Å². The van der Waals surface area contributed by atoms with Gasteiger partial charge in [0, 0.05) is 0 Å². The van der Waals surface area contributed by atoms with E-state index < -0.39 is 5.54 Å². The van der Waals surface area contributed by atoms with E-state index in [4.69, 9.17) is 0 Å². The van der Waals surface area contributed by atoms with E-state index >= 15 is 0 Å². The van der Waals surface area contributed by atoms with Gasteiger partial charge in [-0.2, -0.15) is 0 Å². The normalized spacial score (nSPS) is 26.5. The zero-order valence-electron chi connectivity index (χ0n) is 14.6. The number of rotatable bonds is 2. The Morgan fingerprint density at radius 2 is 1.92 bits per heavy atom. The first-order valence-corrected chi connectivity index (χ1v) is 8.87. The number of para-hydroxylation sites is 2. The second kappa shape index (κ2) is 5.79. The van der Waals surface area contributed by atoms with Crippen LogP contribution in [0.2, 0.25) is 0 Å². The summed E-state index contributed by atoms with van der Waals surface area (Å²) in [6.45, 7) is 4.09. The van der Waals surface area contributed by atoms with E-state index in [0.29, 0.717) is 5.69 Å². The monoisotopic (exact) mass is 338 g/mol. The lowest BCUT2D eigenvalue weighted by atomic mass is 9.73. The highest BCUT2D eigenvalue weighted by atomic mass is 16.2. The highest BCUT2D eigenvalue weighted by Crippen LogP contribution is 2.38. The van der Waals surface area contributed by atoms with Gasteiger partial charge in [0.1, 0.15) is 5.54 Å². The van der Waals surface area contributed by atoms with E-state index in [9.17, 15) is 9.59 Å². The molecule has 6 heteroatoms. The van der Waals surface area contributed by atoms with Gasteiger partial charge in [0.05, 0.1) is 29.0 Å². The number of amides is 3. The van der Waals surface area contributed by atoms with Crippen molar-refractivity contribution in [3.8, 4) is 0 Å². The Kier molecular flexibility index (Phi) is 3.71. The van der Waals surface area contributed by atoms with Crippen LogP contribution in [0.3, 0.4) is 0 Å². The maximum atomic E-state index is 13.1. The van der Waals surface area contributed by atoms with E-state index in [-0.39, 0.29) is 24.4 Å². The molecule has 2 aromatic rings. The van der Waals surface area contributed by atoms with Crippen LogP contribution in [0.4, 0.5) is 4.79 Å². The van der Waals surface area contributed by atoms with Gasteiger partial charge in [-0.1, -0.05) is 31.9 Å². The number of carbonyl (C=O) groups excluding carboxylic acids is 2. The second-order valence-corrected chi connectivity index (χ2v) is 7.18. The lowest BCUT2D eigenvalue weighted by molar-refractivity contribution is -0.134. The Morgan fingerprint density at radius 1 is 1.20 bits per heavy atom. The van der Waals surface area contributed by atoms with E-state index in [2.05, 4.69) is 22.2 Å². The third-order valence-electron chi connectivity index (χ3n) is 5.65. The molecule has 1 saturated heterocycles. The predicted molar refractivity (Wildman–Crippen MR) is 93.7 cm³/mol. The summed E-state index contributed by atoms with van der Waals surface area (Å²) in [6, 6.07) is 7.31. The molecule has 25 heavy (non-hydrogen) atoms. The molecular formula is C19H22N4O2. The van der Waals surface area contributed by atoms with Crippen LogP contribution in [-0.4, -0.2) is 32.3 Å². The highest BCUT2D eigenvalue weighted by Gasteiger charge is 2.54. The summed E-state index contributed by atoms with van der Waals surface area (Å²) >= 11 is 0. The maximum Gasteiger partial charge on any atom is 0.325 e. The van der Waals surface area contributed by atoms with E-state index in [0.717, 1.165) is 42.4 Å². The topological polar surface area (TPSA) is 75.2 Å². The molecule has 1 aliphatic heterocycles. The van der Waals surface area contributed by atoms with Crippen LogP contribution in [0.25, 0.3) is 11.0 Å². The van der Waals surface area contributed by atoms with Gasteiger partial charge < -0.3 is 5.32 Å². The number of hydrogen-bond donors (Lipinski definition) is 1. The van der Waals surface area contributed by atoms with Crippen molar-refractivity contribution in [1.29, 1.82) is 0 Å². The van der Waals surface area contributed by atoms with Crippen LogP contribution in [0.1, 0.15) is 44.0 Å². The van der Waals surface area contributed by atoms with Crippen molar-refractivity contribution in [2.75, 3.05) is 0 Å². The van der Waals surface area contributed by atoms with Gasteiger partial charge in [0.25, 0.3) is 5.91 Å². The van der Waals surface area contributed by atoms with Crippen molar-refractivity contribution in [2.45, 2.75) is 51.6 Å². The summed E-state index contributed by atoms with van der Waals surface area (Å²) in [7, 11) is 0. The Labute approximate surface area is 146 Å². The van der Waals surface area contributed by atoms with Gasteiger partial charge in [-0.15, -0.1) is 0 Å². The number of nitrogens with zero attached hydrogens (tertiary/aromatic N) is 3. The van der Waals surface area contributed by atoms with E-state index in [1.807, 2.05) is 31.2 Å². The molecule has 2 atom stereocenters. The van der Waals surface area contributed by atoms with Gasteiger partial charge >= 0.3 is 6.03 Å². The minimum atomic E-state index is -0.729. The number of benzene rings is 1. The molecule has 130 valence electrons. The number of carbonyl (C=O) groups is 2. The van der Waals surface area contributed by atoms with Gasteiger partial charge in [-0.05, 0) is 37.8 Å². The Morgan fingerprint density at radius 3 is 2.64 bits per heavy atom. The minimum Gasteiger partial charge on any atom is -0.323 e. The summed E-state index contributed by atoms with van der Waals surface area (Å²) in [6.07, 6.45) is 3.77. The molecule has 3 amide bonds. The summed E-state index contributed by atoms with van der Waals surface area (Å²) in [5.74, 6) is 0.0468. The molecule has 0 unspecified atom stereocenters. The van der Waals surface area contributed by atoms with Crippen molar-refractivity contribution in [3.63, 3.8) is 0 Å². The molecule has 2 heterocycles.